The van der Waals surface area contributed by atoms with Crippen LogP contribution >= 0.6 is 34.4 Å². The van der Waals surface area contributed by atoms with Gasteiger partial charge in [0, 0.05) is 11.1 Å². The van der Waals surface area contributed by atoms with Gasteiger partial charge in [-0.15, -0.1) is 0 Å². The van der Waals surface area contributed by atoms with E-state index >= 15 is 0 Å². The van der Waals surface area contributed by atoms with E-state index in [2.05, 4.69) is 32.6 Å². The third kappa shape index (κ3) is 2.88. The van der Waals surface area contributed by atoms with Crippen LogP contribution in [0.15, 0.2) is 46.7 Å². The largest absolute Gasteiger partial charge is 0.244 e. The molecule has 0 amide bonds. The summed E-state index contributed by atoms with van der Waals surface area (Å²) in [7, 11) is 0. The molecule has 0 aliphatic heterocycles. The Labute approximate surface area is 104 Å². The molecule has 2 aromatic rings. The molecule has 0 N–H and O–H groups in total. The summed E-state index contributed by atoms with van der Waals surface area (Å²) >= 11 is 3.67. The van der Waals surface area contributed by atoms with Crippen LogP contribution in [0.2, 0.25) is 0 Å². The minimum Gasteiger partial charge on any atom is -0.244 e. The van der Waals surface area contributed by atoms with Gasteiger partial charge >= 0.3 is 0 Å². The molecule has 0 unspecified atom stereocenters. The number of aromatic nitrogens is 2. The summed E-state index contributed by atoms with van der Waals surface area (Å²) in [6, 6.07) is 6.35. The summed E-state index contributed by atoms with van der Waals surface area (Å²) in [5.41, 5.74) is 0. The van der Waals surface area contributed by atoms with Gasteiger partial charge in [0.25, 0.3) is 0 Å². The number of rotatable bonds is 2. The predicted molar refractivity (Wildman–Crippen MR) is 65.3 cm³/mol. The Morgan fingerprint density at radius 1 is 1.20 bits per heavy atom. The van der Waals surface area contributed by atoms with Gasteiger partial charge in [0.05, 0.1) is 3.57 Å². The van der Waals surface area contributed by atoms with Gasteiger partial charge in [-0.2, -0.15) is 0 Å². The van der Waals surface area contributed by atoms with Crippen molar-refractivity contribution in [3.8, 4) is 0 Å². The van der Waals surface area contributed by atoms with Gasteiger partial charge in [-0.3, -0.25) is 0 Å². The highest BCUT2D eigenvalue weighted by atomic mass is 127. The minimum absolute atomic E-state index is 0.225. The Hall–Kier alpha value is -0.690. The van der Waals surface area contributed by atoms with E-state index in [4.69, 9.17) is 0 Å². The van der Waals surface area contributed by atoms with E-state index < -0.39 is 0 Å². The minimum atomic E-state index is -0.225. The van der Waals surface area contributed by atoms with Gasteiger partial charge in [-0.05, 0) is 46.9 Å². The van der Waals surface area contributed by atoms with Gasteiger partial charge in [0.1, 0.15) is 17.2 Å². The molecule has 0 spiro atoms. The second-order valence-corrected chi connectivity index (χ2v) is 4.96. The van der Waals surface area contributed by atoms with Gasteiger partial charge < -0.3 is 0 Å². The van der Waals surface area contributed by atoms with Crippen molar-refractivity contribution in [2.45, 2.75) is 9.92 Å². The number of benzene rings is 1. The summed E-state index contributed by atoms with van der Waals surface area (Å²) in [5, 5.41) is 0.886. The molecule has 0 bridgehead atoms. The Kier molecular flexibility index (Phi) is 3.53. The molecule has 0 atom stereocenters. The number of halogens is 2. The Morgan fingerprint density at radius 2 is 1.93 bits per heavy atom. The summed E-state index contributed by atoms with van der Waals surface area (Å²) in [6.45, 7) is 0. The van der Waals surface area contributed by atoms with Crippen molar-refractivity contribution < 1.29 is 4.39 Å². The first-order valence-electron chi connectivity index (χ1n) is 4.14. The lowest BCUT2D eigenvalue weighted by molar-refractivity contribution is 0.626. The normalized spacial score (nSPS) is 10.3. The van der Waals surface area contributed by atoms with Crippen LogP contribution in [-0.2, 0) is 0 Å². The fourth-order valence-corrected chi connectivity index (χ4v) is 2.37. The van der Waals surface area contributed by atoms with Crippen LogP contribution < -0.4 is 0 Å². The predicted octanol–water partition coefficient (Wildman–Crippen LogP) is 3.37. The molecule has 0 radical (unpaired) electrons. The lowest BCUT2D eigenvalue weighted by atomic mass is 10.4. The second kappa shape index (κ2) is 4.89. The fourth-order valence-electron chi connectivity index (χ4n) is 0.991. The second-order valence-electron chi connectivity index (χ2n) is 2.73. The molecule has 1 aromatic heterocycles. The van der Waals surface area contributed by atoms with E-state index in [1.54, 1.807) is 18.3 Å². The van der Waals surface area contributed by atoms with Crippen LogP contribution in [0, 0.1) is 9.39 Å². The molecule has 2 rings (SSSR count). The van der Waals surface area contributed by atoms with Crippen LogP contribution in [0.1, 0.15) is 0 Å². The van der Waals surface area contributed by atoms with E-state index in [1.165, 1.54) is 30.2 Å². The Morgan fingerprint density at radius 3 is 2.60 bits per heavy atom. The maximum absolute atomic E-state index is 12.7. The third-order valence-electron chi connectivity index (χ3n) is 1.66. The number of hydrogen-bond acceptors (Lipinski definition) is 3. The maximum Gasteiger partial charge on any atom is 0.123 e. The third-order valence-corrected chi connectivity index (χ3v) is 3.84. The molecule has 0 aliphatic rings. The SMILES string of the molecule is Fc1ccc(Sc2ncncc2I)cc1. The standard InChI is InChI=1S/C10H6FIN2S/c11-7-1-3-8(4-2-7)15-10-9(12)5-13-6-14-10/h1-6H. The van der Waals surface area contributed by atoms with E-state index in [0.717, 1.165) is 13.5 Å². The molecular weight excluding hydrogens is 326 g/mol. The van der Waals surface area contributed by atoms with Crippen LogP contribution in [0.25, 0.3) is 0 Å². The summed E-state index contributed by atoms with van der Waals surface area (Å²) in [4.78, 5) is 9.02. The Bertz CT molecular complexity index is 461. The van der Waals surface area contributed by atoms with Crippen LogP contribution in [0.5, 0.6) is 0 Å². The lowest BCUT2D eigenvalue weighted by Crippen LogP contribution is -1.86. The van der Waals surface area contributed by atoms with Crippen LogP contribution in [0.4, 0.5) is 4.39 Å². The molecule has 0 saturated heterocycles. The summed E-state index contributed by atoms with van der Waals surface area (Å²) in [6.07, 6.45) is 3.26. The number of hydrogen-bond donors (Lipinski definition) is 0. The molecule has 15 heavy (non-hydrogen) atoms. The van der Waals surface area contributed by atoms with Crippen molar-refractivity contribution in [2.24, 2.45) is 0 Å². The fraction of sp³-hybridized carbons (Fsp3) is 0. The number of nitrogens with zero attached hydrogens (tertiary/aromatic N) is 2. The van der Waals surface area contributed by atoms with Crippen LogP contribution in [0.3, 0.4) is 0 Å². The molecule has 0 fully saturated rings. The monoisotopic (exact) mass is 332 g/mol. The highest BCUT2D eigenvalue weighted by molar-refractivity contribution is 14.1. The lowest BCUT2D eigenvalue weighted by Gasteiger charge is -2.01. The zero-order chi connectivity index (χ0) is 10.7. The van der Waals surface area contributed by atoms with Crippen molar-refractivity contribution in [2.75, 3.05) is 0 Å². The zero-order valence-corrected chi connectivity index (χ0v) is 10.5. The van der Waals surface area contributed by atoms with Gasteiger partial charge in [-0.1, -0.05) is 11.8 Å². The molecular formula is C10H6FIN2S. The first-order valence-corrected chi connectivity index (χ1v) is 6.04. The quantitative estimate of drug-likeness (QED) is 0.623. The zero-order valence-electron chi connectivity index (χ0n) is 7.52. The molecule has 1 aromatic carbocycles. The van der Waals surface area contributed by atoms with Crippen LogP contribution in [-0.4, -0.2) is 9.97 Å². The summed E-state index contributed by atoms with van der Waals surface area (Å²) in [5.74, 6) is -0.225. The highest BCUT2D eigenvalue weighted by Crippen LogP contribution is 2.28. The molecule has 0 aliphatic carbocycles. The van der Waals surface area contributed by atoms with Crippen molar-refractivity contribution in [1.29, 1.82) is 0 Å². The highest BCUT2D eigenvalue weighted by Gasteiger charge is 2.03. The molecule has 5 heteroatoms. The molecule has 76 valence electrons. The molecule has 2 nitrogen and oxygen atoms in total. The van der Waals surface area contributed by atoms with Crippen molar-refractivity contribution in [1.82, 2.24) is 9.97 Å². The van der Waals surface area contributed by atoms with Gasteiger partial charge in [-0.25, -0.2) is 14.4 Å². The van der Waals surface area contributed by atoms with Gasteiger partial charge in [0.15, 0.2) is 0 Å². The molecule has 0 saturated carbocycles. The first-order chi connectivity index (χ1) is 7.25. The summed E-state index contributed by atoms with van der Waals surface area (Å²) < 4.78 is 13.7. The average molecular weight is 332 g/mol. The van der Waals surface area contributed by atoms with E-state index in [1.807, 2.05) is 0 Å². The van der Waals surface area contributed by atoms with E-state index in [0.29, 0.717) is 0 Å². The average Bonchev–Trinajstić information content (AvgIpc) is 2.25. The topological polar surface area (TPSA) is 25.8 Å². The van der Waals surface area contributed by atoms with E-state index in [9.17, 15) is 4.39 Å². The Balaban J connectivity index is 2.22. The van der Waals surface area contributed by atoms with Gasteiger partial charge in [0.2, 0.25) is 0 Å². The van der Waals surface area contributed by atoms with E-state index in [-0.39, 0.29) is 5.82 Å². The smallest absolute Gasteiger partial charge is 0.123 e. The van der Waals surface area contributed by atoms with Crippen molar-refractivity contribution >= 4 is 34.4 Å². The van der Waals surface area contributed by atoms with Crippen molar-refractivity contribution in [3.63, 3.8) is 0 Å². The van der Waals surface area contributed by atoms with Crippen molar-refractivity contribution in [3.05, 3.63) is 46.2 Å². The molecule has 1 heterocycles. The maximum atomic E-state index is 12.7. The first kappa shape index (κ1) is 10.8.